The van der Waals surface area contributed by atoms with Gasteiger partial charge in [-0.05, 0) is 36.8 Å². The minimum Gasteiger partial charge on any atom is -0.288 e. The number of rotatable bonds is 2. The lowest BCUT2D eigenvalue weighted by atomic mass is 10.0. The zero-order valence-electron chi connectivity index (χ0n) is 9.81. The molecule has 0 atom stereocenters. The maximum Gasteiger partial charge on any atom is 0.197 e. The van der Waals surface area contributed by atoms with Gasteiger partial charge in [0.1, 0.15) is 17.5 Å². The molecule has 0 N–H and O–H groups in total. The van der Waals surface area contributed by atoms with Gasteiger partial charge in [0.25, 0.3) is 0 Å². The van der Waals surface area contributed by atoms with Crippen molar-refractivity contribution in [3.8, 4) is 0 Å². The standard InChI is InChI=1S/C14H8ClF3O/c1-7-4-10(11(15)6-12(7)17)14(19)9-3-2-8(16)5-13(9)18/h2-6H,1H3. The summed E-state index contributed by atoms with van der Waals surface area (Å²) in [7, 11) is 0. The second-order valence-corrected chi connectivity index (χ2v) is 4.44. The highest BCUT2D eigenvalue weighted by Gasteiger charge is 2.18. The molecule has 0 bridgehead atoms. The lowest BCUT2D eigenvalue weighted by Crippen LogP contribution is -2.06. The second-order valence-electron chi connectivity index (χ2n) is 4.03. The predicted octanol–water partition coefficient (Wildman–Crippen LogP) is 4.30. The van der Waals surface area contributed by atoms with Crippen molar-refractivity contribution in [1.29, 1.82) is 0 Å². The average Bonchev–Trinajstić information content (AvgIpc) is 2.33. The van der Waals surface area contributed by atoms with Crippen molar-refractivity contribution >= 4 is 17.4 Å². The van der Waals surface area contributed by atoms with Gasteiger partial charge in [-0.25, -0.2) is 13.2 Å². The van der Waals surface area contributed by atoms with E-state index in [2.05, 4.69) is 0 Å². The van der Waals surface area contributed by atoms with Crippen LogP contribution in [-0.4, -0.2) is 5.78 Å². The number of aryl methyl sites for hydroxylation is 1. The summed E-state index contributed by atoms with van der Waals surface area (Å²) < 4.78 is 39.5. The summed E-state index contributed by atoms with van der Waals surface area (Å²) in [6.07, 6.45) is 0. The Morgan fingerprint density at radius 1 is 1.00 bits per heavy atom. The molecule has 0 saturated carbocycles. The van der Waals surface area contributed by atoms with E-state index in [1.165, 1.54) is 13.0 Å². The fourth-order valence-electron chi connectivity index (χ4n) is 1.65. The molecule has 0 aliphatic heterocycles. The second kappa shape index (κ2) is 5.05. The normalized spacial score (nSPS) is 10.6. The summed E-state index contributed by atoms with van der Waals surface area (Å²) >= 11 is 5.77. The van der Waals surface area contributed by atoms with Crippen LogP contribution in [0.5, 0.6) is 0 Å². The molecule has 0 aliphatic carbocycles. The fourth-order valence-corrected chi connectivity index (χ4v) is 1.89. The molecule has 0 amide bonds. The van der Waals surface area contributed by atoms with Crippen molar-refractivity contribution in [2.24, 2.45) is 0 Å². The molecule has 0 saturated heterocycles. The van der Waals surface area contributed by atoms with Gasteiger partial charge in [0.15, 0.2) is 5.78 Å². The third kappa shape index (κ3) is 2.63. The largest absolute Gasteiger partial charge is 0.288 e. The number of benzene rings is 2. The van der Waals surface area contributed by atoms with Crippen molar-refractivity contribution in [3.05, 3.63) is 69.5 Å². The first kappa shape index (κ1) is 13.6. The molecular formula is C14H8ClF3O. The fraction of sp³-hybridized carbons (Fsp3) is 0.0714. The summed E-state index contributed by atoms with van der Waals surface area (Å²) in [6, 6.07) is 4.84. The van der Waals surface area contributed by atoms with Gasteiger partial charge < -0.3 is 0 Å². The predicted molar refractivity (Wildman–Crippen MR) is 65.9 cm³/mol. The Morgan fingerprint density at radius 2 is 1.68 bits per heavy atom. The highest BCUT2D eigenvalue weighted by atomic mass is 35.5. The van der Waals surface area contributed by atoms with Gasteiger partial charge in [0, 0.05) is 11.6 Å². The molecule has 2 aromatic carbocycles. The quantitative estimate of drug-likeness (QED) is 0.752. The highest BCUT2D eigenvalue weighted by Crippen LogP contribution is 2.24. The average molecular weight is 285 g/mol. The van der Waals surface area contributed by atoms with E-state index in [1.807, 2.05) is 0 Å². The van der Waals surface area contributed by atoms with Crippen LogP contribution in [0.1, 0.15) is 21.5 Å². The molecule has 0 aliphatic rings. The van der Waals surface area contributed by atoms with E-state index in [0.29, 0.717) is 6.07 Å². The van der Waals surface area contributed by atoms with Crippen LogP contribution in [0.4, 0.5) is 13.2 Å². The van der Waals surface area contributed by atoms with Gasteiger partial charge in [-0.3, -0.25) is 4.79 Å². The molecule has 98 valence electrons. The number of ketones is 1. The monoisotopic (exact) mass is 284 g/mol. The number of halogens is 4. The van der Waals surface area contributed by atoms with E-state index in [1.54, 1.807) is 0 Å². The lowest BCUT2D eigenvalue weighted by molar-refractivity contribution is 0.103. The Kier molecular flexibility index (Phi) is 3.62. The zero-order chi connectivity index (χ0) is 14.2. The Morgan fingerprint density at radius 3 is 2.32 bits per heavy atom. The summed E-state index contributed by atoms with van der Waals surface area (Å²) in [6.45, 7) is 1.46. The van der Waals surface area contributed by atoms with Crippen molar-refractivity contribution < 1.29 is 18.0 Å². The maximum absolute atomic E-state index is 13.5. The molecule has 0 heterocycles. The molecule has 0 fully saturated rings. The molecule has 5 heteroatoms. The third-order valence-corrected chi connectivity index (χ3v) is 2.98. The molecule has 19 heavy (non-hydrogen) atoms. The first-order valence-corrected chi connectivity index (χ1v) is 5.73. The van der Waals surface area contributed by atoms with Crippen LogP contribution in [0, 0.1) is 24.4 Å². The van der Waals surface area contributed by atoms with Crippen molar-refractivity contribution in [1.82, 2.24) is 0 Å². The Hall–Kier alpha value is -1.81. The molecule has 0 spiro atoms. The van der Waals surface area contributed by atoms with Crippen LogP contribution in [0.3, 0.4) is 0 Å². The SMILES string of the molecule is Cc1cc(C(=O)c2ccc(F)cc2F)c(Cl)cc1F. The van der Waals surface area contributed by atoms with Crippen LogP contribution >= 0.6 is 11.6 Å². The molecule has 0 aromatic heterocycles. The Bertz CT molecular complexity index is 668. The van der Waals surface area contributed by atoms with Crippen LogP contribution in [0.15, 0.2) is 30.3 Å². The molecule has 1 nitrogen and oxygen atoms in total. The van der Waals surface area contributed by atoms with Crippen LogP contribution in [0.25, 0.3) is 0 Å². The van der Waals surface area contributed by atoms with Crippen LogP contribution in [-0.2, 0) is 0 Å². The van der Waals surface area contributed by atoms with Crippen molar-refractivity contribution in [3.63, 3.8) is 0 Å². The van der Waals surface area contributed by atoms with Crippen LogP contribution in [0.2, 0.25) is 5.02 Å². The van der Waals surface area contributed by atoms with Gasteiger partial charge >= 0.3 is 0 Å². The first-order valence-electron chi connectivity index (χ1n) is 5.35. The number of hydrogen-bond acceptors (Lipinski definition) is 1. The molecule has 2 aromatic rings. The van der Waals surface area contributed by atoms with Gasteiger partial charge in [-0.1, -0.05) is 11.6 Å². The van der Waals surface area contributed by atoms with Gasteiger partial charge in [-0.2, -0.15) is 0 Å². The summed E-state index contributed by atoms with van der Waals surface area (Å²) in [4.78, 5) is 12.1. The number of carbonyl (C=O) groups excluding carboxylic acids is 1. The minimum atomic E-state index is -0.983. The summed E-state index contributed by atoms with van der Waals surface area (Å²) in [5.41, 5.74) is -0.115. The van der Waals surface area contributed by atoms with E-state index in [-0.39, 0.29) is 21.7 Å². The molecule has 0 unspecified atom stereocenters. The Labute approximate surface area is 112 Å². The summed E-state index contributed by atoms with van der Waals surface area (Å²) in [5, 5.41) is -0.114. The van der Waals surface area contributed by atoms with E-state index in [9.17, 15) is 18.0 Å². The third-order valence-electron chi connectivity index (χ3n) is 2.67. The minimum absolute atomic E-state index is 0.0222. The first-order chi connectivity index (χ1) is 8.90. The van der Waals surface area contributed by atoms with E-state index >= 15 is 0 Å². The topological polar surface area (TPSA) is 17.1 Å². The molecule has 2 rings (SSSR count). The van der Waals surface area contributed by atoms with Gasteiger partial charge in [-0.15, -0.1) is 0 Å². The van der Waals surface area contributed by atoms with E-state index in [0.717, 1.165) is 18.2 Å². The van der Waals surface area contributed by atoms with E-state index in [4.69, 9.17) is 11.6 Å². The number of carbonyl (C=O) groups is 1. The molecule has 0 radical (unpaired) electrons. The molecular weight excluding hydrogens is 277 g/mol. The van der Waals surface area contributed by atoms with Crippen molar-refractivity contribution in [2.45, 2.75) is 6.92 Å². The highest BCUT2D eigenvalue weighted by molar-refractivity contribution is 6.35. The Balaban J connectivity index is 2.53. The summed E-state index contributed by atoms with van der Waals surface area (Å²) in [5.74, 6) is -3.04. The smallest absolute Gasteiger partial charge is 0.197 e. The van der Waals surface area contributed by atoms with Gasteiger partial charge in [0.2, 0.25) is 0 Å². The lowest BCUT2D eigenvalue weighted by Gasteiger charge is -2.07. The van der Waals surface area contributed by atoms with Gasteiger partial charge in [0.05, 0.1) is 10.6 Å². The van der Waals surface area contributed by atoms with Crippen molar-refractivity contribution in [2.75, 3.05) is 0 Å². The van der Waals surface area contributed by atoms with E-state index < -0.39 is 23.2 Å². The van der Waals surface area contributed by atoms with Crippen LogP contribution < -0.4 is 0 Å². The number of hydrogen-bond donors (Lipinski definition) is 0. The zero-order valence-corrected chi connectivity index (χ0v) is 10.6. The maximum atomic E-state index is 13.5.